The topological polar surface area (TPSA) is 118 Å². The third-order valence-electron chi connectivity index (χ3n) is 4.16. The zero-order valence-electron chi connectivity index (χ0n) is 18.4. The lowest BCUT2D eigenvalue weighted by Crippen LogP contribution is -2.32. The van der Waals surface area contributed by atoms with Gasteiger partial charge in [-0.05, 0) is 50.6 Å². The molecule has 1 aromatic heterocycles. The van der Waals surface area contributed by atoms with Gasteiger partial charge in [-0.2, -0.15) is 0 Å². The average Bonchev–Trinajstić information content (AvgIpc) is 2.76. The molecule has 8 heteroatoms. The number of pyridine rings is 1. The molecule has 0 aliphatic rings. The summed E-state index contributed by atoms with van der Waals surface area (Å²) in [7, 11) is 0. The maximum Gasteiger partial charge on any atom is 0.325 e. The van der Waals surface area contributed by atoms with Crippen molar-refractivity contribution in [2.75, 3.05) is 13.1 Å². The van der Waals surface area contributed by atoms with Crippen LogP contribution in [-0.2, 0) is 9.53 Å². The molecule has 0 spiro atoms. The van der Waals surface area contributed by atoms with E-state index in [-0.39, 0.29) is 30.0 Å². The molecule has 0 saturated heterocycles. The normalized spacial score (nSPS) is 10.1. The number of amides is 2. The van der Waals surface area contributed by atoms with Gasteiger partial charge >= 0.3 is 5.97 Å². The Morgan fingerprint density at radius 3 is 2.38 bits per heavy atom. The minimum Gasteiger partial charge on any atom is -0.505 e. The Balaban J connectivity index is 1.99. The van der Waals surface area contributed by atoms with Gasteiger partial charge in [0.15, 0.2) is 5.69 Å². The number of carbonyl (C=O) groups is 3. The van der Waals surface area contributed by atoms with Crippen LogP contribution in [0.4, 0.5) is 0 Å². The van der Waals surface area contributed by atoms with Crippen molar-refractivity contribution in [3.8, 4) is 17.6 Å². The number of esters is 1. The maximum atomic E-state index is 12.1. The second kappa shape index (κ2) is 12.1. The fourth-order valence-corrected chi connectivity index (χ4v) is 2.57. The average molecular weight is 437 g/mol. The minimum atomic E-state index is -0.699. The molecular formula is C24H27N3O5. The van der Waals surface area contributed by atoms with Gasteiger partial charge in [-0.25, -0.2) is 4.98 Å². The highest BCUT2D eigenvalue weighted by molar-refractivity contribution is 5.96. The molecule has 0 radical (unpaired) electrons. The van der Waals surface area contributed by atoms with Crippen LogP contribution in [0.15, 0.2) is 36.5 Å². The molecule has 1 aromatic carbocycles. The standard InChI is InChI=1S/C24H27N3O5/c1-4-5-12-25-23(30)19-10-8-17(9-11-19)6-7-18-13-20(28)22(26-14-18)24(31)27-15-21(29)32-16(2)3/h8-11,13-14,16,28H,4-5,12,15H2,1-3H3,(H,25,30)(H,27,31). The molecule has 2 amide bonds. The van der Waals surface area contributed by atoms with E-state index in [9.17, 15) is 19.5 Å². The number of hydrogen-bond donors (Lipinski definition) is 3. The van der Waals surface area contributed by atoms with Crippen molar-refractivity contribution >= 4 is 17.8 Å². The van der Waals surface area contributed by atoms with Crippen molar-refractivity contribution in [3.05, 3.63) is 58.9 Å². The Morgan fingerprint density at radius 2 is 1.75 bits per heavy atom. The number of benzene rings is 1. The van der Waals surface area contributed by atoms with E-state index in [0.29, 0.717) is 23.2 Å². The number of hydrogen-bond acceptors (Lipinski definition) is 6. The zero-order chi connectivity index (χ0) is 23.5. The molecule has 3 N–H and O–H groups in total. The van der Waals surface area contributed by atoms with Crippen LogP contribution in [-0.4, -0.2) is 47.1 Å². The van der Waals surface area contributed by atoms with Crippen molar-refractivity contribution in [2.45, 2.75) is 39.7 Å². The van der Waals surface area contributed by atoms with E-state index in [0.717, 1.165) is 12.8 Å². The third kappa shape index (κ3) is 7.76. The van der Waals surface area contributed by atoms with E-state index in [1.54, 1.807) is 38.1 Å². The summed E-state index contributed by atoms with van der Waals surface area (Å²) in [6.45, 7) is 5.78. The quantitative estimate of drug-likeness (QED) is 0.332. The Kier molecular flexibility index (Phi) is 9.23. The molecule has 1 heterocycles. The van der Waals surface area contributed by atoms with Crippen LogP contribution < -0.4 is 10.6 Å². The summed E-state index contributed by atoms with van der Waals surface area (Å²) in [6, 6.07) is 8.16. The monoisotopic (exact) mass is 437 g/mol. The first-order valence-corrected chi connectivity index (χ1v) is 10.4. The summed E-state index contributed by atoms with van der Waals surface area (Å²) in [6.07, 6.45) is 3.01. The lowest BCUT2D eigenvalue weighted by Gasteiger charge is -2.09. The maximum absolute atomic E-state index is 12.1. The van der Waals surface area contributed by atoms with E-state index >= 15 is 0 Å². The van der Waals surface area contributed by atoms with Gasteiger partial charge in [0.25, 0.3) is 11.8 Å². The number of nitrogens with zero attached hydrogens (tertiary/aromatic N) is 1. The third-order valence-corrected chi connectivity index (χ3v) is 4.16. The zero-order valence-corrected chi connectivity index (χ0v) is 18.4. The molecule has 0 atom stereocenters. The predicted octanol–water partition coefficient (Wildman–Crippen LogP) is 2.40. The van der Waals surface area contributed by atoms with Gasteiger partial charge < -0.3 is 20.5 Å². The molecule has 8 nitrogen and oxygen atoms in total. The number of nitrogens with one attached hydrogen (secondary N) is 2. The first-order valence-electron chi connectivity index (χ1n) is 10.4. The first kappa shape index (κ1) is 24.4. The highest BCUT2D eigenvalue weighted by atomic mass is 16.5. The molecule has 0 unspecified atom stereocenters. The summed E-state index contributed by atoms with van der Waals surface area (Å²) in [5.74, 6) is 4.01. The van der Waals surface area contributed by atoms with Crippen molar-refractivity contribution in [1.29, 1.82) is 0 Å². The summed E-state index contributed by atoms with van der Waals surface area (Å²) in [5.41, 5.74) is 1.42. The Morgan fingerprint density at radius 1 is 1.06 bits per heavy atom. The van der Waals surface area contributed by atoms with Gasteiger partial charge in [0.1, 0.15) is 12.3 Å². The lowest BCUT2D eigenvalue weighted by atomic mass is 10.1. The van der Waals surface area contributed by atoms with Gasteiger partial charge in [-0.15, -0.1) is 0 Å². The molecule has 0 aliphatic heterocycles. The Bertz CT molecular complexity index is 1020. The fourth-order valence-electron chi connectivity index (χ4n) is 2.57. The molecular weight excluding hydrogens is 410 g/mol. The molecule has 2 rings (SSSR count). The van der Waals surface area contributed by atoms with Crippen LogP contribution in [0, 0.1) is 11.8 Å². The van der Waals surface area contributed by atoms with E-state index in [4.69, 9.17) is 4.74 Å². The molecule has 168 valence electrons. The highest BCUT2D eigenvalue weighted by Gasteiger charge is 2.15. The molecule has 0 saturated carbocycles. The molecule has 32 heavy (non-hydrogen) atoms. The summed E-state index contributed by atoms with van der Waals surface area (Å²) in [5, 5.41) is 15.3. The van der Waals surface area contributed by atoms with E-state index in [1.807, 2.05) is 0 Å². The molecule has 0 fully saturated rings. The SMILES string of the molecule is CCCCNC(=O)c1ccc(C#Cc2cnc(C(=O)NCC(=O)OC(C)C)c(O)c2)cc1. The van der Waals surface area contributed by atoms with Crippen LogP contribution in [0.1, 0.15) is 65.6 Å². The fraction of sp³-hybridized carbons (Fsp3) is 0.333. The van der Waals surface area contributed by atoms with Crippen molar-refractivity contribution < 1.29 is 24.2 Å². The summed E-state index contributed by atoms with van der Waals surface area (Å²) in [4.78, 5) is 39.6. The van der Waals surface area contributed by atoms with E-state index in [1.165, 1.54) is 12.3 Å². The van der Waals surface area contributed by atoms with Gasteiger partial charge in [0.2, 0.25) is 0 Å². The predicted molar refractivity (Wildman–Crippen MR) is 119 cm³/mol. The van der Waals surface area contributed by atoms with Gasteiger partial charge in [-0.1, -0.05) is 25.2 Å². The Hall–Kier alpha value is -3.86. The number of carbonyl (C=O) groups excluding carboxylic acids is 3. The van der Waals surface area contributed by atoms with Gasteiger partial charge in [0, 0.05) is 29.4 Å². The van der Waals surface area contributed by atoms with Crippen LogP contribution in [0.25, 0.3) is 0 Å². The smallest absolute Gasteiger partial charge is 0.325 e. The van der Waals surface area contributed by atoms with Crippen LogP contribution >= 0.6 is 0 Å². The van der Waals surface area contributed by atoms with Crippen LogP contribution in [0.3, 0.4) is 0 Å². The number of unbranched alkanes of at least 4 members (excludes halogenated alkanes) is 1. The second-order valence-electron chi connectivity index (χ2n) is 7.25. The van der Waals surface area contributed by atoms with Crippen LogP contribution in [0.5, 0.6) is 5.75 Å². The summed E-state index contributed by atoms with van der Waals surface area (Å²) >= 11 is 0. The van der Waals surface area contributed by atoms with Crippen molar-refractivity contribution in [3.63, 3.8) is 0 Å². The van der Waals surface area contributed by atoms with Crippen molar-refractivity contribution in [1.82, 2.24) is 15.6 Å². The molecule has 0 aliphatic carbocycles. The lowest BCUT2D eigenvalue weighted by molar-refractivity contribution is -0.146. The van der Waals surface area contributed by atoms with Gasteiger partial charge in [0.05, 0.1) is 6.10 Å². The minimum absolute atomic E-state index is 0.126. The van der Waals surface area contributed by atoms with Crippen molar-refractivity contribution in [2.24, 2.45) is 0 Å². The molecule has 2 aromatic rings. The first-order chi connectivity index (χ1) is 15.3. The summed E-state index contributed by atoms with van der Waals surface area (Å²) < 4.78 is 4.93. The number of aromatic hydroxyl groups is 1. The van der Waals surface area contributed by atoms with Crippen LogP contribution in [0.2, 0.25) is 0 Å². The van der Waals surface area contributed by atoms with E-state index in [2.05, 4.69) is 34.4 Å². The van der Waals surface area contributed by atoms with E-state index < -0.39 is 11.9 Å². The number of ether oxygens (including phenoxy) is 1. The molecule has 0 bridgehead atoms. The number of aromatic nitrogens is 1. The Labute approximate surface area is 187 Å². The largest absolute Gasteiger partial charge is 0.505 e. The highest BCUT2D eigenvalue weighted by Crippen LogP contribution is 2.15. The number of rotatable bonds is 8. The van der Waals surface area contributed by atoms with Gasteiger partial charge in [-0.3, -0.25) is 14.4 Å². The second-order valence-corrected chi connectivity index (χ2v) is 7.25.